The van der Waals surface area contributed by atoms with E-state index in [9.17, 15) is 9.35 Å². The van der Waals surface area contributed by atoms with Crippen LogP contribution in [0.2, 0.25) is 5.02 Å². The fourth-order valence-electron chi connectivity index (χ4n) is 2.51. The number of ketones is 1. The predicted octanol–water partition coefficient (Wildman–Crippen LogP) is 4.05. The second-order valence-electron chi connectivity index (χ2n) is 7.17. The number of pyridine rings is 1. The van der Waals surface area contributed by atoms with E-state index in [1.807, 2.05) is 13.8 Å². The van der Waals surface area contributed by atoms with Crippen LogP contribution in [-0.2, 0) is 11.4 Å². The van der Waals surface area contributed by atoms with Crippen molar-refractivity contribution in [3.8, 4) is 11.6 Å². The van der Waals surface area contributed by atoms with E-state index in [4.69, 9.17) is 26.2 Å². The number of hydrogen-bond donors (Lipinski definition) is 1. The van der Waals surface area contributed by atoms with E-state index in [0.717, 1.165) is 0 Å². The summed E-state index contributed by atoms with van der Waals surface area (Å²) in [5.41, 5.74) is 0.976. The van der Waals surface area contributed by atoms with Crippen LogP contribution in [0.5, 0.6) is 11.6 Å². The number of halogens is 1. The number of fused-ring (bicyclic) bond motifs is 1. The third-order valence-electron chi connectivity index (χ3n) is 4.19. The smallest absolute Gasteiger partial charge is 0.224 e. The van der Waals surface area contributed by atoms with Crippen molar-refractivity contribution in [2.75, 3.05) is 7.11 Å². The molecule has 148 valence electrons. The van der Waals surface area contributed by atoms with Crippen molar-refractivity contribution in [2.45, 2.75) is 51.4 Å². The summed E-state index contributed by atoms with van der Waals surface area (Å²) in [6.45, 7) is 7.35. The zero-order valence-electron chi connectivity index (χ0n) is 16.2. The first kappa shape index (κ1) is 21.8. The monoisotopic (exact) mass is 412 g/mol. The molecule has 0 amide bonds. The van der Waals surface area contributed by atoms with Gasteiger partial charge in [-0.05, 0) is 39.8 Å². The minimum absolute atomic E-state index is 0.0286. The number of hydrogen-bond acceptors (Lipinski definition) is 6. The molecule has 0 bridgehead atoms. The second kappa shape index (κ2) is 8.65. The van der Waals surface area contributed by atoms with Crippen molar-refractivity contribution in [3.63, 3.8) is 0 Å². The predicted molar refractivity (Wildman–Crippen MR) is 109 cm³/mol. The first-order valence-electron chi connectivity index (χ1n) is 8.59. The van der Waals surface area contributed by atoms with Gasteiger partial charge >= 0.3 is 0 Å². The van der Waals surface area contributed by atoms with Crippen molar-refractivity contribution in [2.24, 2.45) is 5.14 Å². The lowest BCUT2D eigenvalue weighted by atomic mass is 10.00. The molecule has 0 aliphatic rings. The minimum Gasteiger partial charge on any atom is -0.598 e. The van der Waals surface area contributed by atoms with Crippen molar-refractivity contribution >= 4 is 39.6 Å². The van der Waals surface area contributed by atoms with Gasteiger partial charge in [0.25, 0.3) is 0 Å². The van der Waals surface area contributed by atoms with Crippen LogP contribution in [0.4, 0.5) is 0 Å². The van der Waals surface area contributed by atoms with Crippen molar-refractivity contribution < 1.29 is 18.8 Å². The van der Waals surface area contributed by atoms with Crippen LogP contribution >= 0.6 is 11.6 Å². The van der Waals surface area contributed by atoms with Crippen LogP contribution in [-0.4, -0.2) is 33.3 Å². The molecule has 1 aromatic carbocycles. The van der Waals surface area contributed by atoms with Gasteiger partial charge in [0, 0.05) is 35.7 Å². The highest BCUT2D eigenvalue weighted by atomic mass is 35.5. The van der Waals surface area contributed by atoms with E-state index < -0.39 is 16.1 Å². The molecule has 6 nitrogen and oxygen atoms in total. The van der Waals surface area contributed by atoms with Crippen LogP contribution in [0.15, 0.2) is 18.2 Å². The molecule has 2 aromatic rings. The minimum atomic E-state index is -1.52. The lowest BCUT2D eigenvalue weighted by Crippen LogP contribution is -2.38. The number of rotatable bonds is 8. The summed E-state index contributed by atoms with van der Waals surface area (Å²) >= 11 is 4.77. The maximum absolute atomic E-state index is 12.7. The van der Waals surface area contributed by atoms with E-state index >= 15 is 0 Å². The lowest BCUT2D eigenvalue weighted by Gasteiger charge is -2.23. The SMILES string of the molecule is COc1nc2cc(OC(C)C)c(Cl)cc2cc1C(=O)CCC(C)(C)[S+](N)[O-]. The molecule has 1 heterocycles. The Balaban J connectivity index is 2.38. The molecule has 0 aliphatic heterocycles. The van der Waals surface area contributed by atoms with Gasteiger partial charge in [-0.1, -0.05) is 11.6 Å². The maximum atomic E-state index is 12.7. The van der Waals surface area contributed by atoms with Crippen LogP contribution in [0.1, 0.15) is 50.9 Å². The number of nitrogens with zero attached hydrogens (tertiary/aromatic N) is 1. The summed E-state index contributed by atoms with van der Waals surface area (Å²) in [6.07, 6.45) is 0.541. The number of benzene rings is 1. The summed E-state index contributed by atoms with van der Waals surface area (Å²) in [5.74, 6) is 0.607. The second-order valence-corrected chi connectivity index (χ2v) is 9.27. The molecule has 1 atom stereocenters. The van der Waals surface area contributed by atoms with Crippen LogP contribution < -0.4 is 14.6 Å². The molecular formula is C19H25ClN2O4S. The third-order valence-corrected chi connectivity index (χ3v) is 5.78. The van der Waals surface area contributed by atoms with E-state index in [2.05, 4.69) is 4.98 Å². The van der Waals surface area contributed by atoms with E-state index in [1.54, 1.807) is 32.0 Å². The van der Waals surface area contributed by atoms with E-state index in [1.165, 1.54) is 7.11 Å². The molecule has 2 N–H and O–H groups in total. The van der Waals surface area contributed by atoms with E-state index in [0.29, 0.717) is 33.7 Å². The molecule has 0 saturated carbocycles. The number of ether oxygens (including phenoxy) is 2. The van der Waals surface area contributed by atoms with Gasteiger partial charge in [-0.25, -0.2) is 4.98 Å². The Labute approximate surface area is 167 Å². The van der Waals surface area contributed by atoms with Crippen molar-refractivity contribution in [1.82, 2.24) is 4.98 Å². The molecule has 0 radical (unpaired) electrons. The van der Waals surface area contributed by atoms with E-state index in [-0.39, 0.29) is 24.2 Å². The zero-order chi connectivity index (χ0) is 20.4. The van der Waals surface area contributed by atoms with Gasteiger partial charge in [0.15, 0.2) is 5.78 Å². The topological polar surface area (TPSA) is 97.5 Å². The number of Topliss-reactive ketones (excluding diaryl/α,β-unsaturated/α-hetero) is 1. The Hall–Kier alpha value is -1.54. The quantitative estimate of drug-likeness (QED) is 0.518. The normalized spacial score (nSPS) is 13.1. The standard InChI is InChI=1S/C19H25ClN2O4S/c1-11(2)26-17-10-15-12(9-14(17)20)8-13(18(22-15)25-5)16(23)6-7-19(3,4)27(21)24/h8-11H,6-7,21H2,1-5H3. The zero-order valence-corrected chi connectivity index (χ0v) is 17.7. The number of methoxy groups -OCH3 is 1. The first-order chi connectivity index (χ1) is 12.5. The summed E-state index contributed by atoms with van der Waals surface area (Å²) < 4.78 is 21.9. The summed E-state index contributed by atoms with van der Waals surface area (Å²) in [7, 11) is 1.46. The molecule has 0 spiro atoms. The van der Waals surface area contributed by atoms with Gasteiger partial charge in [-0.2, -0.15) is 5.14 Å². The Morgan fingerprint density at radius 3 is 2.59 bits per heavy atom. The Bertz CT molecular complexity index is 840. The molecule has 8 heteroatoms. The van der Waals surface area contributed by atoms with Gasteiger partial charge in [-0.3, -0.25) is 4.79 Å². The van der Waals surface area contributed by atoms with Gasteiger partial charge in [0.05, 0.1) is 29.3 Å². The number of nitrogens with two attached hydrogens (primary N) is 1. The Morgan fingerprint density at radius 2 is 2.04 bits per heavy atom. The van der Waals surface area contributed by atoms with Crippen molar-refractivity contribution in [1.29, 1.82) is 0 Å². The highest BCUT2D eigenvalue weighted by molar-refractivity contribution is 7.90. The number of aromatic nitrogens is 1. The summed E-state index contributed by atoms with van der Waals surface area (Å²) in [4.78, 5) is 17.2. The largest absolute Gasteiger partial charge is 0.598 e. The molecule has 1 aromatic heterocycles. The highest BCUT2D eigenvalue weighted by Gasteiger charge is 2.31. The lowest BCUT2D eigenvalue weighted by molar-refractivity contribution is 0.0973. The van der Waals surface area contributed by atoms with Gasteiger partial charge in [-0.15, -0.1) is 0 Å². The van der Waals surface area contributed by atoms with Crippen LogP contribution in [0.25, 0.3) is 10.9 Å². The third kappa shape index (κ3) is 5.25. The highest BCUT2D eigenvalue weighted by Crippen LogP contribution is 2.33. The number of carbonyl (C=O) groups excluding carboxylic acids is 1. The average molecular weight is 413 g/mol. The Morgan fingerprint density at radius 1 is 1.37 bits per heavy atom. The maximum Gasteiger partial charge on any atom is 0.224 e. The molecular weight excluding hydrogens is 388 g/mol. The molecule has 0 fully saturated rings. The van der Waals surface area contributed by atoms with Crippen LogP contribution in [0, 0.1) is 0 Å². The fraction of sp³-hybridized carbons (Fsp3) is 0.474. The van der Waals surface area contributed by atoms with Gasteiger partial charge in [0.1, 0.15) is 10.5 Å². The molecule has 2 rings (SSSR count). The van der Waals surface area contributed by atoms with Crippen LogP contribution in [0.3, 0.4) is 0 Å². The average Bonchev–Trinajstić information content (AvgIpc) is 2.58. The number of carbonyl (C=O) groups is 1. The van der Waals surface area contributed by atoms with Crippen molar-refractivity contribution in [3.05, 3.63) is 28.8 Å². The Kier molecular flexibility index (Phi) is 6.97. The van der Waals surface area contributed by atoms with Gasteiger partial charge < -0.3 is 14.0 Å². The summed E-state index contributed by atoms with van der Waals surface area (Å²) in [5, 5.41) is 6.64. The molecule has 1 unspecified atom stereocenters. The molecule has 27 heavy (non-hydrogen) atoms. The van der Waals surface area contributed by atoms with Gasteiger partial charge in [0.2, 0.25) is 5.88 Å². The molecule has 0 aliphatic carbocycles. The first-order valence-corrected chi connectivity index (χ1v) is 10.2. The summed E-state index contributed by atoms with van der Waals surface area (Å²) in [6, 6.07) is 5.16. The fourth-order valence-corrected chi connectivity index (χ4v) is 3.03. The molecule has 0 saturated heterocycles.